The first-order valence-corrected chi connectivity index (χ1v) is 11.9. The number of anilines is 1. The zero-order valence-corrected chi connectivity index (χ0v) is 19.2. The Morgan fingerprint density at radius 1 is 1.19 bits per heavy atom. The number of halogens is 1. The molecule has 8 nitrogen and oxygen atoms in total. The van der Waals surface area contributed by atoms with Crippen LogP contribution in [0, 0.1) is 22.9 Å². The largest absolute Gasteiger partial charge is 0.325 e. The van der Waals surface area contributed by atoms with Crippen LogP contribution in [0.1, 0.15) is 23.9 Å². The van der Waals surface area contributed by atoms with Gasteiger partial charge >= 0.3 is 0 Å². The smallest absolute Gasteiger partial charge is 0.269 e. The minimum Gasteiger partial charge on any atom is -0.325 e. The van der Waals surface area contributed by atoms with E-state index in [9.17, 15) is 19.3 Å². The van der Waals surface area contributed by atoms with E-state index in [1.165, 1.54) is 42.1 Å². The highest BCUT2D eigenvalue weighted by Gasteiger charge is 2.15. The van der Waals surface area contributed by atoms with Crippen LogP contribution in [0.15, 0.2) is 47.6 Å². The van der Waals surface area contributed by atoms with Crippen LogP contribution in [0.3, 0.4) is 0 Å². The summed E-state index contributed by atoms with van der Waals surface area (Å²) in [7, 11) is 0. The molecule has 0 aliphatic carbocycles. The average molecular weight is 476 g/mol. The van der Waals surface area contributed by atoms with Gasteiger partial charge in [-0.1, -0.05) is 23.9 Å². The van der Waals surface area contributed by atoms with Crippen molar-refractivity contribution in [1.29, 1.82) is 0 Å². The molecule has 0 spiro atoms. The monoisotopic (exact) mass is 475 g/mol. The molecule has 0 radical (unpaired) electrons. The van der Waals surface area contributed by atoms with Crippen LogP contribution in [0.5, 0.6) is 0 Å². The molecule has 32 heavy (non-hydrogen) atoms. The van der Waals surface area contributed by atoms with Crippen LogP contribution in [0.4, 0.5) is 15.8 Å². The van der Waals surface area contributed by atoms with Crippen molar-refractivity contribution in [3.8, 4) is 0 Å². The molecular weight excluding hydrogens is 453 g/mol. The fourth-order valence-corrected chi connectivity index (χ4v) is 4.66. The molecule has 1 aromatic heterocycles. The van der Waals surface area contributed by atoms with Crippen molar-refractivity contribution in [2.75, 3.05) is 11.1 Å². The number of hydrogen-bond acceptors (Lipinski definition) is 7. The number of benzene rings is 2. The molecule has 0 bridgehead atoms. The lowest BCUT2D eigenvalue weighted by atomic mass is 10.2. The third-order valence-electron chi connectivity index (χ3n) is 4.55. The van der Waals surface area contributed by atoms with Crippen molar-refractivity contribution >= 4 is 40.8 Å². The molecule has 2 aromatic carbocycles. The van der Waals surface area contributed by atoms with Crippen molar-refractivity contribution in [3.05, 3.63) is 75.3 Å². The first-order chi connectivity index (χ1) is 15.4. The van der Waals surface area contributed by atoms with Crippen LogP contribution in [0.25, 0.3) is 0 Å². The van der Waals surface area contributed by atoms with Crippen LogP contribution >= 0.6 is 23.5 Å². The maximum atomic E-state index is 13.0. The maximum Gasteiger partial charge on any atom is 0.269 e. The summed E-state index contributed by atoms with van der Waals surface area (Å²) in [5.41, 5.74) is 2.17. The highest BCUT2D eigenvalue weighted by molar-refractivity contribution is 7.99. The molecule has 0 saturated heterocycles. The molecule has 1 heterocycles. The molecular formula is C21H22FN5O3S2. The Morgan fingerprint density at radius 2 is 1.94 bits per heavy atom. The summed E-state index contributed by atoms with van der Waals surface area (Å²) in [6.07, 6.45) is 0. The average Bonchev–Trinajstić information content (AvgIpc) is 3.16. The predicted molar refractivity (Wildman–Crippen MR) is 124 cm³/mol. The highest BCUT2D eigenvalue weighted by atomic mass is 32.2. The van der Waals surface area contributed by atoms with E-state index in [1.807, 2.05) is 11.5 Å². The van der Waals surface area contributed by atoms with E-state index >= 15 is 0 Å². The van der Waals surface area contributed by atoms with Gasteiger partial charge in [0.2, 0.25) is 5.91 Å². The second-order valence-corrected chi connectivity index (χ2v) is 8.78. The van der Waals surface area contributed by atoms with E-state index in [0.29, 0.717) is 28.7 Å². The molecule has 0 saturated carbocycles. The molecule has 0 unspecified atom stereocenters. The topological polar surface area (TPSA) is 103 Å². The first kappa shape index (κ1) is 23.7. The molecule has 0 fully saturated rings. The number of nitro groups is 1. The number of carbonyl (C=O) groups excluding carboxylic acids is 1. The fourth-order valence-electron chi connectivity index (χ4n) is 2.91. The lowest BCUT2D eigenvalue weighted by molar-refractivity contribution is -0.384. The molecule has 0 aliphatic rings. The quantitative estimate of drug-likeness (QED) is 0.255. The zero-order valence-electron chi connectivity index (χ0n) is 17.6. The minimum atomic E-state index is -0.471. The van der Waals surface area contributed by atoms with Gasteiger partial charge in [0, 0.05) is 30.1 Å². The van der Waals surface area contributed by atoms with E-state index in [-0.39, 0.29) is 23.2 Å². The molecule has 3 aromatic rings. The molecule has 1 amide bonds. The third kappa shape index (κ3) is 6.30. The number of carbonyl (C=O) groups is 1. The molecule has 0 atom stereocenters. The number of thioether (sulfide) groups is 2. The Labute approximate surface area is 193 Å². The van der Waals surface area contributed by atoms with Gasteiger partial charge in [-0.3, -0.25) is 14.9 Å². The van der Waals surface area contributed by atoms with Crippen molar-refractivity contribution in [2.45, 2.75) is 37.1 Å². The van der Waals surface area contributed by atoms with Crippen molar-refractivity contribution in [1.82, 2.24) is 14.8 Å². The number of aromatic nitrogens is 3. The molecule has 1 N–H and O–H groups in total. The van der Waals surface area contributed by atoms with Gasteiger partial charge in [-0.25, -0.2) is 4.39 Å². The number of aryl methyl sites for hydroxylation is 1. The minimum absolute atomic E-state index is 0.0178. The SMILES string of the molecule is CCn1c(CSCc2ccc(F)cc2)nnc1SCC(=O)Nc1ccc([N+](=O)[O-])cc1C. The van der Waals surface area contributed by atoms with Crippen molar-refractivity contribution < 1.29 is 14.1 Å². The van der Waals surface area contributed by atoms with Gasteiger partial charge in [-0.05, 0) is 43.2 Å². The van der Waals surface area contributed by atoms with Crippen molar-refractivity contribution in [2.24, 2.45) is 0 Å². The zero-order chi connectivity index (χ0) is 23.1. The van der Waals surface area contributed by atoms with Gasteiger partial charge in [0.05, 0.1) is 16.4 Å². The predicted octanol–water partition coefficient (Wildman–Crippen LogP) is 4.82. The summed E-state index contributed by atoms with van der Waals surface area (Å²) in [5, 5.41) is 22.7. The standard InChI is InChI=1S/C21H22FN5O3S2/c1-3-26-19(12-31-11-15-4-6-16(22)7-5-15)24-25-21(26)32-13-20(28)23-18-9-8-17(27(29)30)10-14(18)2/h4-10H,3,11-13H2,1-2H3,(H,23,28). The van der Waals surface area contributed by atoms with Gasteiger partial charge in [0.25, 0.3) is 5.69 Å². The number of nitrogens with zero attached hydrogens (tertiary/aromatic N) is 4. The number of nitrogens with one attached hydrogen (secondary N) is 1. The summed E-state index contributed by atoms with van der Waals surface area (Å²) in [6, 6.07) is 10.7. The Kier molecular flexibility index (Phi) is 8.23. The normalized spacial score (nSPS) is 10.8. The Morgan fingerprint density at radius 3 is 2.59 bits per heavy atom. The lowest BCUT2D eigenvalue weighted by Crippen LogP contribution is -2.15. The van der Waals surface area contributed by atoms with Gasteiger partial charge in [0.15, 0.2) is 5.16 Å². The summed E-state index contributed by atoms with van der Waals surface area (Å²) >= 11 is 2.94. The van der Waals surface area contributed by atoms with E-state index in [0.717, 1.165) is 17.1 Å². The summed E-state index contributed by atoms with van der Waals surface area (Å²) in [4.78, 5) is 22.7. The third-order valence-corrected chi connectivity index (χ3v) is 6.52. The molecule has 0 aliphatic heterocycles. The van der Waals surface area contributed by atoms with Crippen LogP contribution < -0.4 is 5.32 Å². The molecule has 3 rings (SSSR count). The molecule has 11 heteroatoms. The van der Waals surface area contributed by atoms with E-state index in [1.54, 1.807) is 30.8 Å². The van der Waals surface area contributed by atoms with Crippen molar-refractivity contribution in [3.63, 3.8) is 0 Å². The van der Waals surface area contributed by atoms with Gasteiger partial charge in [-0.15, -0.1) is 22.0 Å². The van der Waals surface area contributed by atoms with E-state index < -0.39 is 4.92 Å². The number of rotatable bonds is 10. The fraction of sp³-hybridized carbons (Fsp3) is 0.286. The van der Waals surface area contributed by atoms with Gasteiger partial charge < -0.3 is 9.88 Å². The summed E-state index contributed by atoms with van der Waals surface area (Å²) in [5.74, 6) is 1.85. The summed E-state index contributed by atoms with van der Waals surface area (Å²) in [6.45, 7) is 4.37. The molecule has 168 valence electrons. The second kappa shape index (κ2) is 11.1. The number of hydrogen-bond donors (Lipinski definition) is 1. The van der Waals surface area contributed by atoms with Gasteiger partial charge in [-0.2, -0.15) is 0 Å². The Balaban J connectivity index is 1.53. The van der Waals surface area contributed by atoms with Gasteiger partial charge in [0.1, 0.15) is 11.6 Å². The summed E-state index contributed by atoms with van der Waals surface area (Å²) < 4.78 is 15.0. The maximum absolute atomic E-state index is 13.0. The number of nitro benzene ring substituents is 1. The van der Waals surface area contributed by atoms with E-state index in [2.05, 4.69) is 15.5 Å². The Bertz CT molecular complexity index is 1110. The Hall–Kier alpha value is -2.92. The highest BCUT2D eigenvalue weighted by Crippen LogP contribution is 2.24. The van der Waals surface area contributed by atoms with Crippen LogP contribution in [-0.2, 0) is 22.8 Å². The van der Waals surface area contributed by atoms with E-state index in [4.69, 9.17) is 0 Å². The second-order valence-electron chi connectivity index (χ2n) is 6.86. The first-order valence-electron chi connectivity index (χ1n) is 9.79. The number of amides is 1. The lowest BCUT2D eigenvalue weighted by Gasteiger charge is -2.09. The van der Waals surface area contributed by atoms with Crippen LogP contribution in [0.2, 0.25) is 0 Å². The number of non-ortho nitro benzene ring substituents is 1. The van der Waals surface area contributed by atoms with Crippen LogP contribution in [-0.4, -0.2) is 31.3 Å².